The highest BCUT2D eigenvalue weighted by Crippen LogP contribution is 2.40. The number of hydrogen-bond donors (Lipinski definition) is 2. The minimum Gasteiger partial charge on any atom is -0.481 e. The van der Waals surface area contributed by atoms with Crippen molar-refractivity contribution in [2.45, 2.75) is 56.8 Å². The van der Waals surface area contributed by atoms with Gasteiger partial charge in [0.2, 0.25) is 5.91 Å². The van der Waals surface area contributed by atoms with Crippen molar-refractivity contribution >= 4 is 11.9 Å². The first-order chi connectivity index (χ1) is 11.6. The molecule has 1 aromatic carbocycles. The Bertz CT molecular complexity index is 570. The highest BCUT2D eigenvalue weighted by atomic mass is 16.4. The Morgan fingerprint density at radius 3 is 2.17 bits per heavy atom. The molecule has 2 aliphatic carbocycles. The van der Waals surface area contributed by atoms with Crippen LogP contribution in [0.4, 0.5) is 0 Å². The molecular formula is C20H27NO3. The lowest BCUT2D eigenvalue weighted by Gasteiger charge is -2.32. The molecule has 130 valence electrons. The third-order valence-electron chi connectivity index (χ3n) is 6.00. The summed E-state index contributed by atoms with van der Waals surface area (Å²) in [6.45, 7) is 0.703. The first-order valence-electron chi connectivity index (χ1n) is 9.17. The van der Waals surface area contributed by atoms with Crippen LogP contribution >= 0.6 is 0 Å². The standard InChI is InChI=1S/C20H27NO3/c22-18(15-8-10-16(11-9-15)19(23)24)21-14-20(12-4-5-13-20)17-6-2-1-3-7-17/h1-3,6-7,15-16H,4-5,8-14H2,(H,21,22)(H,23,24). The monoisotopic (exact) mass is 329 g/mol. The summed E-state index contributed by atoms with van der Waals surface area (Å²) in [5, 5.41) is 12.3. The van der Waals surface area contributed by atoms with E-state index in [1.807, 2.05) is 6.07 Å². The van der Waals surface area contributed by atoms with Crippen LogP contribution in [0.15, 0.2) is 30.3 Å². The van der Waals surface area contributed by atoms with Crippen LogP contribution in [-0.2, 0) is 15.0 Å². The summed E-state index contributed by atoms with van der Waals surface area (Å²) in [5.41, 5.74) is 1.41. The normalized spacial score (nSPS) is 26.0. The molecule has 3 rings (SSSR count). The fourth-order valence-electron chi connectivity index (χ4n) is 4.41. The van der Waals surface area contributed by atoms with Crippen LogP contribution in [-0.4, -0.2) is 23.5 Å². The van der Waals surface area contributed by atoms with Crippen molar-refractivity contribution in [3.05, 3.63) is 35.9 Å². The summed E-state index contributed by atoms with van der Waals surface area (Å²) in [7, 11) is 0. The second-order valence-electron chi connectivity index (χ2n) is 7.46. The number of carbonyl (C=O) groups is 2. The topological polar surface area (TPSA) is 66.4 Å². The van der Waals surface area contributed by atoms with Gasteiger partial charge in [0, 0.05) is 17.9 Å². The Morgan fingerprint density at radius 1 is 1.00 bits per heavy atom. The van der Waals surface area contributed by atoms with Gasteiger partial charge in [-0.25, -0.2) is 0 Å². The van der Waals surface area contributed by atoms with Crippen LogP contribution in [0.2, 0.25) is 0 Å². The molecule has 2 fully saturated rings. The van der Waals surface area contributed by atoms with Crippen LogP contribution in [0.3, 0.4) is 0 Å². The third-order valence-corrected chi connectivity index (χ3v) is 6.00. The SMILES string of the molecule is O=C(O)C1CCC(C(=O)NCC2(c3ccccc3)CCCC2)CC1. The summed E-state index contributed by atoms with van der Waals surface area (Å²) in [5.74, 6) is -0.891. The number of rotatable bonds is 5. The van der Waals surface area contributed by atoms with Crippen molar-refractivity contribution in [1.82, 2.24) is 5.32 Å². The second kappa shape index (κ2) is 7.37. The van der Waals surface area contributed by atoms with E-state index in [2.05, 4.69) is 29.6 Å². The van der Waals surface area contributed by atoms with Gasteiger partial charge in [0.1, 0.15) is 0 Å². The van der Waals surface area contributed by atoms with Gasteiger partial charge in [-0.1, -0.05) is 43.2 Å². The smallest absolute Gasteiger partial charge is 0.306 e. The van der Waals surface area contributed by atoms with E-state index in [0.29, 0.717) is 32.2 Å². The third kappa shape index (κ3) is 3.63. The minimum atomic E-state index is -0.720. The molecule has 0 saturated heterocycles. The summed E-state index contributed by atoms with van der Waals surface area (Å²) in [4.78, 5) is 23.6. The van der Waals surface area contributed by atoms with Crippen molar-refractivity contribution in [1.29, 1.82) is 0 Å². The van der Waals surface area contributed by atoms with E-state index in [4.69, 9.17) is 5.11 Å². The molecule has 0 aliphatic heterocycles. The Labute approximate surface area is 143 Å². The van der Waals surface area contributed by atoms with Crippen molar-refractivity contribution in [3.63, 3.8) is 0 Å². The predicted molar refractivity (Wildman–Crippen MR) is 92.7 cm³/mol. The molecule has 24 heavy (non-hydrogen) atoms. The maximum atomic E-state index is 12.5. The van der Waals surface area contributed by atoms with Crippen LogP contribution in [0.1, 0.15) is 56.9 Å². The summed E-state index contributed by atoms with van der Waals surface area (Å²) in [6.07, 6.45) is 7.33. The van der Waals surface area contributed by atoms with Gasteiger partial charge >= 0.3 is 5.97 Å². The molecule has 2 saturated carbocycles. The zero-order valence-electron chi connectivity index (χ0n) is 14.2. The van der Waals surface area contributed by atoms with Crippen LogP contribution < -0.4 is 5.32 Å². The lowest BCUT2D eigenvalue weighted by Crippen LogP contribution is -2.42. The molecule has 2 aliphatic rings. The molecule has 1 aromatic rings. The van der Waals surface area contributed by atoms with Crippen molar-refractivity contribution < 1.29 is 14.7 Å². The molecule has 1 amide bonds. The fraction of sp³-hybridized carbons (Fsp3) is 0.600. The molecule has 4 heteroatoms. The zero-order chi connectivity index (χ0) is 17.0. The van der Waals surface area contributed by atoms with Crippen molar-refractivity contribution in [2.75, 3.05) is 6.54 Å². The van der Waals surface area contributed by atoms with Gasteiger partial charge in [0.15, 0.2) is 0 Å². The Kier molecular flexibility index (Phi) is 5.22. The number of hydrogen-bond acceptors (Lipinski definition) is 2. The lowest BCUT2D eigenvalue weighted by molar-refractivity contribution is -0.144. The highest BCUT2D eigenvalue weighted by molar-refractivity contribution is 5.79. The molecule has 0 bridgehead atoms. The highest BCUT2D eigenvalue weighted by Gasteiger charge is 2.37. The number of carboxylic acid groups (broad SMARTS) is 1. The molecule has 4 nitrogen and oxygen atoms in total. The van der Waals surface area contributed by atoms with Crippen LogP contribution in [0.25, 0.3) is 0 Å². The molecule has 0 radical (unpaired) electrons. The largest absolute Gasteiger partial charge is 0.481 e. The fourth-order valence-corrected chi connectivity index (χ4v) is 4.41. The van der Waals surface area contributed by atoms with E-state index < -0.39 is 5.97 Å². The maximum Gasteiger partial charge on any atom is 0.306 e. The van der Waals surface area contributed by atoms with E-state index in [-0.39, 0.29) is 23.2 Å². The van der Waals surface area contributed by atoms with Gasteiger partial charge in [-0.15, -0.1) is 0 Å². The van der Waals surface area contributed by atoms with Gasteiger partial charge in [-0.3, -0.25) is 9.59 Å². The van der Waals surface area contributed by atoms with Crippen LogP contribution in [0.5, 0.6) is 0 Å². The average molecular weight is 329 g/mol. The number of amides is 1. The van der Waals surface area contributed by atoms with Crippen molar-refractivity contribution in [2.24, 2.45) is 11.8 Å². The number of carbonyl (C=O) groups excluding carboxylic acids is 1. The molecule has 0 aromatic heterocycles. The lowest BCUT2D eigenvalue weighted by atomic mass is 9.78. The molecule has 0 atom stereocenters. The Balaban J connectivity index is 1.58. The summed E-state index contributed by atoms with van der Waals surface area (Å²) >= 11 is 0. The minimum absolute atomic E-state index is 0.0187. The van der Waals surface area contributed by atoms with Gasteiger partial charge < -0.3 is 10.4 Å². The Hall–Kier alpha value is -1.84. The first-order valence-corrected chi connectivity index (χ1v) is 9.17. The first kappa shape index (κ1) is 17.0. The Morgan fingerprint density at radius 2 is 1.58 bits per heavy atom. The van der Waals surface area contributed by atoms with Gasteiger partial charge in [-0.05, 0) is 44.1 Å². The quantitative estimate of drug-likeness (QED) is 0.869. The second-order valence-corrected chi connectivity index (χ2v) is 7.46. The summed E-state index contributed by atoms with van der Waals surface area (Å²) in [6, 6.07) is 10.5. The molecule has 2 N–H and O–H groups in total. The van der Waals surface area contributed by atoms with E-state index in [1.165, 1.54) is 18.4 Å². The zero-order valence-corrected chi connectivity index (χ0v) is 14.2. The maximum absolute atomic E-state index is 12.5. The van der Waals surface area contributed by atoms with E-state index >= 15 is 0 Å². The number of carboxylic acids is 1. The van der Waals surface area contributed by atoms with E-state index in [1.54, 1.807) is 0 Å². The number of aliphatic carboxylic acids is 1. The van der Waals surface area contributed by atoms with Gasteiger partial charge in [-0.2, -0.15) is 0 Å². The molecular weight excluding hydrogens is 302 g/mol. The van der Waals surface area contributed by atoms with E-state index in [9.17, 15) is 9.59 Å². The molecule has 0 unspecified atom stereocenters. The molecule has 0 spiro atoms. The van der Waals surface area contributed by atoms with Gasteiger partial charge in [0.05, 0.1) is 5.92 Å². The van der Waals surface area contributed by atoms with E-state index in [0.717, 1.165) is 12.8 Å². The average Bonchev–Trinajstić information content (AvgIpc) is 3.11. The number of nitrogens with one attached hydrogen (secondary N) is 1. The van der Waals surface area contributed by atoms with Gasteiger partial charge in [0.25, 0.3) is 0 Å². The summed E-state index contributed by atoms with van der Waals surface area (Å²) < 4.78 is 0. The van der Waals surface area contributed by atoms with Crippen molar-refractivity contribution in [3.8, 4) is 0 Å². The predicted octanol–water partition coefficient (Wildman–Crippen LogP) is 3.51. The van der Waals surface area contributed by atoms with Crippen LogP contribution in [0, 0.1) is 11.8 Å². The number of benzene rings is 1. The molecule has 0 heterocycles.